The Morgan fingerprint density at radius 1 is 1.11 bits per heavy atom. The van der Waals surface area contributed by atoms with Crippen molar-refractivity contribution in [3.63, 3.8) is 0 Å². The number of aliphatic hydroxyl groups is 1. The van der Waals surface area contributed by atoms with Crippen molar-refractivity contribution >= 4 is 5.82 Å². The van der Waals surface area contributed by atoms with Crippen LogP contribution in [0.15, 0.2) is 12.1 Å². The van der Waals surface area contributed by atoms with E-state index in [1.54, 1.807) is 0 Å². The first-order chi connectivity index (χ1) is 8.71. The van der Waals surface area contributed by atoms with E-state index < -0.39 is 0 Å². The number of aryl methyl sites for hydroxylation is 1. The second-order valence-corrected chi connectivity index (χ2v) is 4.83. The number of hydrogen-bond donors (Lipinski definition) is 1. The standard InChI is InChI=1S/C15H26N2O/c1-4-6-8-17(9-7-5-2)15-11-14(12-18)10-13(3)16-15/h10-11,18H,4-9,12H2,1-3H3. The molecule has 0 aliphatic rings. The molecular weight excluding hydrogens is 224 g/mol. The molecule has 0 fully saturated rings. The van der Waals surface area contributed by atoms with Crippen molar-refractivity contribution in [2.45, 2.75) is 53.1 Å². The Bertz CT molecular complexity index is 344. The molecule has 0 aliphatic heterocycles. The van der Waals surface area contributed by atoms with Gasteiger partial charge in [0.15, 0.2) is 0 Å². The lowest BCUT2D eigenvalue weighted by atomic mass is 10.2. The minimum atomic E-state index is 0.0890. The Morgan fingerprint density at radius 3 is 2.22 bits per heavy atom. The highest BCUT2D eigenvalue weighted by Crippen LogP contribution is 2.16. The summed E-state index contributed by atoms with van der Waals surface area (Å²) in [7, 11) is 0. The van der Waals surface area contributed by atoms with Crippen LogP contribution in [0.1, 0.15) is 50.8 Å². The van der Waals surface area contributed by atoms with Gasteiger partial charge in [-0.1, -0.05) is 26.7 Å². The van der Waals surface area contributed by atoms with Gasteiger partial charge in [-0.05, 0) is 37.5 Å². The van der Waals surface area contributed by atoms with Crippen molar-refractivity contribution < 1.29 is 5.11 Å². The summed E-state index contributed by atoms with van der Waals surface area (Å²) in [6, 6.07) is 3.96. The Hall–Kier alpha value is -1.09. The van der Waals surface area contributed by atoms with E-state index >= 15 is 0 Å². The van der Waals surface area contributed by atoms with Crippen molar-refractivity contribution in [3.05, 3.63) is 23.4 Å². The van der Waals surface area contributed by atoms with Gasteiger partial charge in [0, 0.05) is 18.8 Å². The SMILES string of the molecule is CCCCN(CCCC)c1cc(CO)cc(C)n1. The lowest BCUT2D eigenvalue weighted by Crippen LogP contribution is -2.26. The summed E-state index contributed by atoms with van der Waals surface area (Å²) < 4.78 is 0. The van der Waals surface area contributed by atoms with Gasteiger partial charge in [-0.15, -0.1) is 0 Å². The molecule has 18 heavy (non-hydrogen) atoms. The number of rotatable bonds is 8. The number of nitrogens with zero attached hydrogens (tertiary/aromatic N) is 2. The molecule has 1 heterocycles. The van der Waals surface area contributed by atoms with E-state index in [0.717, 1.165) is 30.2 Å². The molecule has 0 radical (unpaired) electrons. The zero-order chi connectivity index (χ0) is 13.4. The molecule has 1 N–H and O–H groups in total. The Balaban J connectivity index is 2.84. The zero-order valence-electron chi connectivity index (χ0n) is 11.9. The van der Waals surface area contributed by atoms with E-state index in [4.69, 9.17) is 0 Å². The number of hydrogen-bond acceptors (Lipinski definition) is 3. The lowest BCUT2D eigenvalue weighted by molar-refractivity contribution is 0.281. The van der Waals surface area contributed by atoms with Crippen LogP contribution in [-0.4, -0.2) is 23.2 Å². The van der Waals surface area contributed by atoms with Gasteiger partial charge in [0.2, 0.25) is 0 Å². The van der Waals surface area contributed by atoms with E-state index in [0.29, 0.717) is 0 Å². The Morgan fingerprint density at radius 2 is 1.72 bits per heavy atom. The zero-order valence-corrected chi connectivity index (χ0v) is 11.9. The molecule has 1 aromatic heterocycles. The van der Waals surface area contributed by atoms with Gasteiger partial charge in [-0.2, -0.15) is 0 Å². The molecule has 0 amide bonds. The molecule has 102 valence electrons. The van der Waals surface area contributed by atoms with E-state index in [2.05, 4.69) is 23.7 Å². The molecule has 0 bridgehead atoms. The van der Waals surface area contributed by atoms with Crippen LogP contribution in [0.2, 0.25) is 0 Å². The van der Waals surface area contributed by atoms with Crippen LogP contribution in [0.3, 0.4) is 0 Å². The van der Waals surface area contributed by atoms with Gasteiger partial charge >= 0.3 is 0 Å². The second kappa shape index (κ2) is 8.09. The van der Waals surface area contributed by atoms with Crippen molar-refractivity contribution in [2.24, 2.45) is 0 Å². The van der Waals surface area contributed by atoms with E-state index in [1.165, 1.54) is 25.7 Å². The summed E-state index contributed by atoms with van der Waals surface area (Å²) >= 11 is 0. The molecule has 0 saturated carbocycles. The Labute approximate surface area is 111 Å². The van der Waals surface area contributed by atoms with E-state index in [9.17, 15) is 5.11 Å². The predicted octanol–water partition coefficient (Wildman–Crippen LogP) is 3.29. The molecule has 3 heteroatoms. The van der Waals surface area contributed by atoms with Crippen LogP contribution >= 0.6 is 0 Å². The number of aromatic nitrogens is 1. The third-order valence-corrected chi connectivity index (χ3v) is 3.07. The van der Waals surface area contributed by atoms with Gasteiger partial charge in [0.25, 0.3) is 0 Å². The molecule has 3 nitrogen and oxygen atoms in total. The first-order valence-electron chi connectivity index (χ1n) is 7.04. The quantitative estimate of drug-likeness (QED) is 0.769. The maximum atomic E-state index is 9.27. The predicted molar refractivity (Wildman–Crippen MR) is 76.9 cm³/mol. The summed E-state index contributed by atoms with van der Waals surface area (Å²) in [5, 5.41) is 9.27. The Kier molecular flexibility index (Phi) is 6.73. The molecule has 0 atom stereocenters. The fourth-order valence-corrected chi connectivity index (χ4v) is 2.01. The topological polar surface area (TPSA) is 36.4 Å². The monoisotopic (exact) mass is 250 g/mol. The minimum absolute atomic E-state index is 0.0890. The molecule has 1 rings (SSSR count). The minimum Gasteiger partial charge on any atom is -0.392 e. The normalized spacial score (nSPS) is 10.7. The number of anilines is 1. The summed E-state index contributed by atoms with van der Waals surface area (Å²) in [4.78, 5) is 6.95. The fraction of sp³-hybridized carbons (Fsp3) is 0.667. The van der Waals surface area contributed by atoms with Crippen molar-refractivity contribution in [1.29, 1.82) is 0 Å². The average molecular weight is 250 g/mol. The maximum Gasteiger partial charge on any atom is 0.129 e. The molecule has 0 saturated heterocycles. The third-order valence-electron chi connectivity index (χ3n) is 3.07. The van der Waals surface area contributed by atoms with Crippen molar-refractivity contribution in [1.82, 2.24) is 4.98 Å². The summed E-state index contributed by atoms with van der Waals surface area (Å²) in [5.41, 5.74) is 1.94. The van der Waals surface area contributed by atoms with Crippen LogP contribution in [0.25, 0.3) is 0 Å². The first-order valence-corrected chi connectivity index (χ1v) is 7.04. The molecule has 0 aliphatic carbocycles. The lowest BCUT2D eigenvalue weighted by Gasteiger charge is -2.24. The summed E-state index contributed by atoms with van der Waals surface area (Å²) in [5.74, 6) is 1.01. The van der Waals surface area contributed by atoms with Crippen LogP contribution in [0.5, 0.6) is 0 Å². The van der Waals surface area contributed by atoms with Gasteiger partial charge in [0.05, 0.1) is 6.61 Å². The summed E-state index contributed by atoms with van der Waals surface area (Å²) in [6.07, 6.45) is 4.77. The molecule has 0 unspecified atom stereocenters. The van der Waals surface area contributed by atoms with E-state index in [-0.39, 0.29) is 6.61 Å². The highest BCUT2D eigenvalue weighted by Gasteiger charge is 2.08. The van der Waals surface area contributed by atoms with Crippen LogP contribution < -0.4 is 4.90 Å². The van der Waals surface area contributed by atoms with Crippen LogP contribution in [0, 0.1) is 6.92 Å². The van der Waals surface area contributed by atoms with E-state index in [1.807, 2.05) is 19.1 Å². The smallest absolute Gasteiger partial charge is 0.129 e. The number of aliphatic hydroxyl groups excluding tert-OH is 1. The molecule has 0 aromatic carbocycles. The molecule has 0 spiro atoms. The highest BCUT2D eigenvalue weighted by atomic mass is 16.3. The van der Waals surface area contributed by atoms with Crippen LogP contribution in [-0.2, 0) is 6.61 Å². The fourth-order valence-electron chi connectivity index (χ4n) is 2.01. The largest absolute Gasteiger partial charge is 0.392 e. The first kappa shape index (κ1) is 15.0. The maximum absolute atomic E-state index is 9.27. The third kappa shape index (κ3) is 4.65. The van der Waals surface area contributed by atoms with Gasteiger partial charge in [0.1, 0.15) is 5.82 Å². The highest BCUT2D eigenvalue weighted by molar-refractivity contribution is 5.42. The van der Waals surface area contributed by atoms with Crippen molar-refractivity contribution in [2.75, 3.05) is 18.0 Å². The van der Waals surface area contributed by atoms with Gasteiger partial charge in [-0.25, -0.2) is 4.98 Å². The number of pyridine rings is 1. The number of unbranched alkanes of at least 4 members (excludes halogenated alkanes) is 2. The van der Waals surface area contributed by atoms with Crippen LogP contribution in [0.4, 0.5) is 5.82 Å². The van der Waals surface area contributed by atoms with Gasteiger partial charge in [-0.3, -0.25) is 0 Å². The molecular formula is C15H26N2O. The molecule has 1 aromatic rings. The second-order valence-electron chi connectivity index (χ2n) is 4.83. The summed E-state index contributed by atoms with van der Waals surface area (Å²) in [6.45, 7) is 8.60. The van der Waals surface area contributed by atoms with Gasteiger partial charge < -0.3 is 10.0 Å². The average Bonchev–Trinajstić information content (AvgIpc) is 2.38. The van der Waals surface area contributed by atoms with Crippen molar-refractivity contribution in [3.8, 4) is 0 Å².